The highest BCUT2D eigenvalue weighted by molar-refractivity contribution is 8.26. The van der Waals surface area contributed by atoms with Gasteiger partial charge in [0.1, 0.15) is 4.32 Å². The van der Waals surface area contributed by atoms with Crippen molar-refractivity contribution in [3.05, 3.63) is 39.8 Å². The number of thiocarbonyl (C=S) groups is 1. The van der Waals surface area contributed by atoms with E-state index in [0.29, 0.717) is 27.3 Å². The molecule has 0 saturated carbocycles. The van der Waals surface area contributed by atoms with Crippen molar-refractivity contribution in [2.45, 2.75) is 26.2 Å². The lowest BCUT2D eigenvalue weighted by Gasteiger charge is -2.14. The molecule has 2 rings (SSSR count). The fourth-order valence-corrected chi connectivity index (χ4v) is 3.62. The lowest BCUT2D eigenvalue weighted by molar-refractivity contribution is -0.123. The predicted octanol–water partition coefficient (Wildman–Crippen LogP) is 3.85. The fraction of sp³-hybridized carbons (Fsp3) is 0.353. The van der Waals surface area contributed by atoms with Crippen LogP contribution in [-0.2, 0) is 9.59 Å². The van der Waals surface area contributed by atoms with E-state index in [1.165, 1.54) is 16.7 Å². The summed E-state index contributed by atoms with van der Waals surface area (Å²) in [7, 11) is 0. The Balaban J connectivity index is 1.97. The first kappa shape index (κ1) is 19.0. The monoisotopic (exact) mass is 382 g/mol. The zero-order chi connectivity index (χ0) is 17.5. The van der Waals surface area contributed by atoms with E-state index in [1.54, 1.807) is 12.1 Å². The Bertz CT molecular complexity index is 676. The van der Waals surface area contributed by atoms with Gasteiger partial charge in [0, 0.05) is 24.5 Å². The molecule has 1 fully saturated rings. The van der Waals surface area contributed by atoms with Crippen LogP contribution in [0.3, 0.4) is 0 Å². The molecule has 0 spiro atoms. The smallest absolute Gasteiger partial charge is 0.266 e. The summed E-state index contributed by atoms with van der Waals surface area (Å²) in [5.41, 5.74) is 0.775. The summed E-state index contributed by atoms with van der Waals surface area (Å²) in [6.07, 6.45) is 3.97. The molecule has 1 saturated heterocycles. The van der Waals surface area contributed by atoms with Crippen molar-refractivity contribution >= 4 is 57.8 Å². The topological polar surface area (TPSA) is 49.4 Å². The number of amides is 2. The van der Waals surface area contributed by atoms with Gasteiger partial charge >= 0.3 is 0 Å². The van der Waals surface area contributed by atoms with Crippen molar-refractivity contribution in [1.29, 1.82) is 0 Å². The first-order valence-corrected chi connectivity index (χ1v) is 9.39. The Hall–Kier alpha value is -1.37. The van der Waals surface area contributed by atoms with E-state index in [9.17, 15) is 9.59 Å². The highest BCUT2D eigenvalue weighted by atomic mass is 35.5. The molecular weight excluding hydrogens is 364 g/mol. The minimum atomic E-state index is -0.175. The van der Waals surface area contributed by atoms with E-state index < -0.39 is 0 Å². The first-order chi connectivity index (χ1) is 11.5. The molecule has 1 aromatic carbocycles. The molecule has 0 bridgehead atoms. The maximum atomic E-state index is 12.5. The lowest BCUT2D eigenvalue weighted by Crippen LogP contribution is -2.33. The molecule has 1 aliphatic rings. The fourth-order valence-electron chi connectivity index (χ4n) is 2.13. The van der Waals surface area contributed by atoms with Crippen LogP contribution in [0.25, 0.3) is 6.08 Å². The summed E-state index contributed by atoms with van der Waals surface area (Å²) in [4.78, 5) is 26.3. The molecule has 7 heteroatoms. The van der Waals surface area contributed by atoms with Gasteiger partial charge in [-0.1, -0.05) is 67.1 Å². The Morgan fingerprint density at radius 2 is 2.17 bits per heavy atom. The van der Waals surface area contributed by atoms with Gasteiger partial charge < -0.3 is 5.32 Å². The van der Waals surface area contributed by atoms with E-state index >= 15 is 0 Å². The number of benzene rings is 1. The molecule has 0 unspecified atom stereocenters. The maximum Gasteiger partial charge on any atom is 0.266 e. The van der Waals surface area contributed by atoms with Gasteiger partial charge in [0.2, 0.25) is 5.91 Å². The number of carbonyl (C=O) groups is 2. The summed E-state index contributed by atoms with van der Waals surface area (Å²) in [6.45, 7) is 3.03. The largest absolute Gasteiger partial charge is 0.356 e. The minimum Gasteiger partial charge on any atom is -0.356 e. The molecular formula is C17H19ClN2O2S2. The quantitative estimate of drug-likeness (QED) is 0.442. The van der Waals surface area contributed by atoms with Gasteiger partial charge in [0.15, 0.2) is 0 Å². The van der Waals surface area contributed by atoms with E-state index in [4.69, 9.17) is 23.8 Å². The van der Waals surface area contributed by atoms with Gasteiger partial charge in [0.25, 0.3) is 5.91 Å². The Morgan fingerprint density at radius 3 is 2.88 bits per heavy atom. The second kappa shape index (κ2) is 9.20. The van der Waals surface area contributed by atoms with Crippen molar-refractivity contribution in [3.63, 3.8) is 0 Å². The van der Waals surface area contributed by atoms with Crippen molar-refractivity contribution in [2.75, 3.05) is 13.1 Å². The van der Waals surface area contributed by atoms with Gasteiger partial charge in [-0.3, -0.25) is 14.5 Å². The van der Waals surface area contributed by atoms with Crippen LogP contribution in [0.15, 0.2) is 29.2 Å². The SMILES string of the molecule is CCCCNC(=O)CCN1C(=O)/C(=C/c2ccccc2Cl)SC1=S. The molecule has 2 amide bonds. The minimum absolute atomic E-state index is 0.0624. The second-order valence-corrected chi connectivity index (χ2v) is 7.39. The van der Waals surface area contributed by atoms with Gasteiger partial charge in [-0.25, -0.2) is 0 Å². The van der Waals surface area contributed by atoms with Crippen LogP contribution in [0.1, 0.15) is 31.7 Å². The number of thioether (sulfide) groups is 1. The molecule has 1 heterocycles. The zero-order valence-electron chi connectivity index (χ0n) is 13.4. The van der Waals surface area contributed by atoms with Gasteiger partial charge in [-0.05, 0) is 24.1 Å². The number of nitrogens with one attached hydrogen (secondary N) is 1. The van der Waals surface area contributed by atoms with E-state index in [1.807, 2.05) is 18.2 Å². The molecule has 1 aromatic rings. The molecule has 4 nitrogen and oxygen atoms in total. The average Bonchev–Trinajstić information content (AvgIpc) is 2.82. The van der Waals surface area contributed by atoms with Gasteiger partial charge in [0.05, 0.1) is 4.91 Å². The van der Waals surface area contributed by atoms with Crippen LogP contribution < -0.4 is 5.32 Å². The van der Waals surface area contributed by atoms with E-state index in [2.05, 4.69) is 12.2 Å². The third kappa shape index (κ3) is 5.06. The summed E-state index contributed by atoms with van der Waals surface area (Å²) in [6, 6.07) is 7.31. The summed E-state index contributed by atoms with van der Waals surface area (Å²) in [5.74, 6) is -0.237. The molecule has 24 heavy (non-hydrogen) atoms. The van der Waals surface area contributed by atoms with Gasteiger partial charge in [-0.15, -0.1) is 0 Å². The van der Waals surface area contributed by atoms with Crippen molar-refractivity contribution in [2.24, 2.45) is 0 Å². The number of hydrogen-bond acceptors (Lipinski definition) is 4. The average molecular weight is 383 g/mol. The number of carbonyl (C=O) groups excluding carboxylic acids is 2. The van der Waals surface area contributed by atoms with Crippen molar-refractivity contribution in [1.82, 2.24) is 10.2 Å². The Labute approximate surface area is 156 Å². The van der Waals surface area contributed by atoms with Crippen LogP contribution in [0.4, 0.5) is 0 Å². The van der Waals surface area contributed by atoms with Crippen molar-refractivity contribution < 1.29 is 9.59 Å². The highest BCUT2D eigenvalue weighted by Gasteiger charge is 2.32. The normalized spacial score (nSPS) is 16.1. The van der Waals surface area contributed by atoms with Crippen LogP contribution in [0.2, 0.25) is 5.02 Å². The third-order valence-corrected chi connectivity index (χ3v) is 5.20. The molecule has 1 aliphatic heterocycles. The van der Waals surface area contributed by atoms with Crippen LogP contribution in [-0.4, -0.2) is 34.1 Å². The van der Waals surface area contributed by atoms with Gasteiger partial charge in [-0.2, -0.15) is 0 Å². The Morgan fingerprint density at radius 1 is 1.42 bits per heavy atom. The Kier molecular flexibility index (Phi) is 7.27. The number of nitrogens with zero attached hydrogens (tertiary/aromatic N) is 1. The third-order valence-electron chi connectivity index (χ3n) is 3.48. The second-order valence-electron chi connectivity index (χ2n) is 5.31. The van der Waals surface area contributed by atoms with Crippen LogP contribution in [0, 0.1) is 0 Å². The lowest BCUT2D eigenvalue weighted by atomic mass is 10.2. The predicted molar refractivity (Wildman–Crippen MR) is 104 cm³/mol. The first-order valence-electron chi connectivity index (χ1n) is 7.79. The molecule has 0 aliphatic carbocycles. The molecule has 0 aromatic heterocycles. The number of hydrogen-bond donors (Lipinski definition) is 1. The zero-order valence-corrected chi connectivity index (χ0v) is 15.8. The van der Waals surface area contributed by atoms with E-state index in [-0.39, 0.29) is 18.2 Å². The summed E-state index contributed by atoms with van der Waals surface area (Å²) >= 11 is 12.6. The summed E-state index contributed by atoms with van der Waals surface area (Å²) in [5, 5.41) is 3.42. The highest BCUT2D eigenvalue weighted by Crippen LogP contribution is 2.33. The molecule has 0 atom stereocenters. The van der Waals surface area contributed by atoms with Crippen LogP contribution >= 0.6 is 35.6 Å². The summed E-state index contributed by atoms with van der Waals surface area (Å²) < 4.78 is 0.472. The number of rotatable bonds is 7. The van der Waals surface area contributed by atoms with E-state index in [0.717, 1.165) is 18.4 Å². The number of halogens is 1. The standard InChI is InChI=1S/C17H19ClN2O2S2/c1-2-3-9-19-15(21)8-10-20-16(22)14(24-17(20)23)11-12-6-4-5-7-13(12)18/h4-7,11H,2-3,8-10H2,1H3,(H,19,21)/b14-11-. The molecule has 1 N–H and O–H groups in total. The molecule has 128 valence electrons. The molecule has 0 radical (unpaired) electrons. The number of unbranched alkanes of at least 4 members (excludes halogenated alkanes) is 1. The van der Waals surface area contributed by atoms with Crippen molar-refractivity contribution in [3.8, 4) is 0 Å². The van der Waals surface area contributed by atoms with Crippen LogP contribution in [0.5, 0.6) is 0 Å². The maximum absolute atomic E-state index is 12.5.